The Kier molecular flexibility index (Phi) is 8.74. The molecule has 0 amide bonds. The number of fused-ring (bicyclic) bond motifs is 1. The van der Waals surface area contributed by atoms with E-state index in [-0.39, 0.29) is 0 Å². The summed E-state index contributed by atoms with van der Waals surface area (Å²) in [6.07, 6.45) is 4.42. The van der Waals surface area contributed by atoms with Gasteiger partial charge in [0.15, 0.2) is 0 Å². The van der Waals surface area contributed by atoms with E-state index in [0.29, 0.717) is 18.8 Å². The molecule has 0 aliphatic rings. The Bertz CT molecular complexity index is 1990. The molecule has 0 fully saturated rings. The third kappa shape index (κ3) is 6.44. The average Bonchev–Trinajstić information content (AvgIpc) is 3.66. The molecule has 9 heteroatoms. The molecule has 0 saturated carbocycles. The standard InChI is InChI=1S/C37H36N4O5/c1-5-8-35-39-36-24(2)15-28(32-22-40(23-38-32)20-26-16-29(44-3)19-30(17-26)45-4)18-33(36)41(35)21-25-11-13-27(14-12-25)31-9-6-7-10-34(31)46-37(42)43/h6-7,9-19,22-23H,5,8,20-21H2,1-4H3,(H,42,43). The van der Waals surface area contributed by atoms with Crippen LogP contribution < -0.4 is 14.2 Å². The summed E-state index contributed by atoms with van der Waals surface area (Å²) in [6, 6.07) is 25.5. The number of para-hydroxylation sites is 1. The van der Waals surface area contributed by atoms with Crippen molar-refractivity contribution in [2.45, 2.75) is 39.8 Å². The minimum Gasteiger partial charge on any atom is -0.497 e. The Morgan fingerprint density at radius 3 is 2.30 bits per heavy atom. The van der Waals surface area contributed by atoms with E-state index < -0.39 is 6.16 Å². The second-order valence-electron chi connectivity index (χ2n) is 11.2. The molecule has 46 heavy (non-hydrogen) atoms. The van der Waals surface area contributed by atoms with Gasteiger partial charge >= 0.3 is 6.16 Å². The summed E-state index contributed by atoms with van der Waals surface area (Å²) >= 11 is 0. The van der Waals surface area contributed by atoms with Gasteiger partial charge in [-0.25, -0.2) is 14.8 Å². The van der Waals surface area contributed by atoms with Gasteiger partial charge in [-0.05, 0) is 65.9 Å². The van der Waals surface area contributed by atoms with E-state index in [0.717, 1.165) is 80.3 Å². The quantitative estimate of drug-likeness (QED) is 0.116. The number of aryl methyl sites for hydroxylation is 2. The van der Waals surface area contributed by atoms with Crippen LogP contribution in [0.2, 0.25) is 0 Å². The van der Waals surface area contributed by atoms with E-state index in [1.807, 2.05) is 48.8 Å². The summed E-state index contributed by atoms with van der Waals surface area (Å²) in [4.78, 5) is 21.0. The van der Waals surface area contributed by atoms with Crippen LogP contribution in [-0.2, 0) is 19.5 Å². The van der Waals surface area contributed by atoms with E-state index >= 15 is 0 Å². The lowest BCUT2D eigenvalue weighted by Crippen LogP contribution is -2.05. The predicted molar refractivity (Wildman–Crippen MR) is 178 cm³/mol. The highest BCUT2D eigenvalue weighted by molar-refractivity contribution is 5.85. The van der Waals surface area contributed by atoms with Gasteiger partial charge in [-0.15, -0.1) is 0 Å². The molecule has 0 unspecified atom stereocenters. The molecule has 6 aromatic rings. The molecule has 2 heterocycles. The van der Waals surface area contributed by atoms with Crippen LogP contribution in [0, 0.1) is 6.92 Å². The van der Waals surface area contributed by atoms with Crippen molar-refractivity contribution < 1.29 is 24.1 Å². The number of aromatic nitrogens is 4. The van der Waals surface area contributed by atoms with Gasteiger partial charge < -0.3 is 28.5 Å². The molecule has 0 bridgehead atoms. The molecule has 0 atom stereocenters. The molecule has 0 aliphatic carbocycles. The van der Waals surface area contributed by atoms with Crippen molar-refractivity contribution in [2.24, 2.45) is 0 Å². The molecule has 0 radical (unpaired) electrons. The maximum atomic E-state index is 11.2. The second-order valence-corrected chi connectivity index (χ2v) is 11.2. The Morgan fingerprint density at radius 1 is 0.870 bits per heavy atom. The van der Waals surface area contributed by atoms with Crippen LogP contribution in [-0.4, -0.2) is 44.6 Å². The first kappa shape index (κ1) is 30.5. The number of benzene rings is 4. The van der Waals surface area contributed by atoms with Gasteiger partial charge in [0.1, 0.15) is 23.1 Å². The highest BCUT2D eigenvalue weighted by Crippen LogP contribution is 2.32. The van der Waals surface area contributed by atoms with Gasteiger partial charge in [-0.1, -0.05) is 49.4 Å². The zero-order chi connectivity index (χ0) is 32.2. The van der Waals surface area contributed by atoms with Gasteiger partial charge in [0.2, 0.25) is 0 Å². The fourth-order valence-electron chi connectivity index (χ4n) is 5.80. The number of carboxylic acid groups (broad SMARTS) is 1. The van der Waals surface area contributed by atoms with Gasteiger partial charge in [0, 0.05) is 42.9 Å². The zero-order valence-electron chi connectivity index (χ0n) is 26.4. The lowest BCUT2D eigenvalue weighted by molar-refractivity contribution is 0.144. The highest BCUT2D eigenvalue weighted by Gasteiger charge is 2.16. The summed E-state index contributed by atoms with van der Waals surface area (Å²) < 4.78 is 20.2. The lowest BCUT2D eigenvalue weighted by atomic mass is 10.0. The maximum Gasteiger partial charge on any atom is 0.511 e. The summed E-state index contributed by atoms with van der Waals surface area (Å²) in [5.74, 6) is 2.85. The van der Waals surface area contributed by atoms with Crippen molar-refractivity contribution in [2.75, 3.05) is 14.2 Å². The Balaban J connectivity index is 1.31. The van der Waals surface area contributed by atoms with E-state index in [1.165, 1.54) is 0 Å². The topological polar surface area (TPSA) is 101 Å². The van der Waals surface area contributed by atoms with Crippen molar-refractivity contribution in [1.29, 1.82) is 0 Å². The van der Waals surface area contributed by atoms with Crippen LogP contribution in [0.5, 0.6) is 17.2 Å². The normalized spacial score (nSPS) is 11.1. The van der Waals surface area contributed by atoms with Crippen molar-refractivity contribution in [3.63, 3.8) is 0 Å². The number of ether oxygens (including phenoxy) is 3. The second kappa shape index (κ2) is 13.2. The molecular formula is C37H36N4O5. The van der Waals surface area contributed by atoms with E-state index in [2.05, 4.69) is 53.4 Å². The predicted octanol–water partition coefficient (Wildman–Crippen LogP) is 8.00. The van der Waals surface area contributed by atoms with Gasteiger partial charge in [0.05, 0.1) is 37.3 Å². The van der Waals surface area contributed by atoms with Crippen LogP contribution in [0.15, 0.2) is 91.4 Å². The molecule has 4 aromatic carbocycles. The van der Waals surface area contributed by atoms with Crippen molar-refractivity contribution in [3.05, 3.63) is 114 Å². The Morgan fingerprint density at radius 2 is 1.61 bits per heavy atom. The average molecular weight is 617 g/mol. The number of carbonyl (C=O) groups is 1. The molecule has 0 aliphatic heterocycles. The zero-order valence-corrected chi connectivity index (χ0v) is 26.4. The van der Waals surface area contributed by atoms with E-state index in [1.54, 1.807) is 26.4 Å². The maximum absolute atomic E-state index is 11.2. The molecule has 234 valence electrons. The first-order valence-electron chi connectivity index (χ1n) is 15.2. The molecule has 9 nitrogen and oxygen atoms in total. The van der Waals surface area contributed by atoms with Gasteiger partial charge in [0.25, 0.3) is 0 Å². The number of methoxy groups -OCH3 is 2. The van der Waals surface area contributed by atoms with Gasteiger partial charge in [-0.2, -0.15) is 0 Å². The van der Waals surface area contributed by atoms with Crippen LogP contribution >= 0.6 is 0 Å². The first-order chi connectivity index (χ1) is 22.3. The van der Waals surface area contributed by atoms with E-state index in [4.69, 9.17) is 29.3 Å². The molecule has 0 saturated heterocycles. The van der Waals surface area contributed by atoms with Crippen molar-refractivity contribution in [3.8, 4) is 39.6 Å². The molecule has 1 N–H and O–H groups in total. The largest absolute Gasteiger partial charge is 0.511 e. The first-order valence-corrected chi connectivity index (χ1v) is 15.2. The number of nitrogens with zero attached hydrogens (tertiary/aromatic N) is 4. The lowest BCUT2D eigenvalue weighted by Gasteiger charge is -2.12. The monoisotopic (exact) mass is 616 g/mol. The molecule has 0 spiro atoms. The van der Waals surface area contributed by atoms with Crippen molar-refractivity contribution >= 4 is 17.2 Å². The van der Waals surface area contributed by atoms with Crippen LogP contribution in [0.4, 0.5) is 4.79 Å². The van der Waals surface area contributed by atoms with Crippen LogP contribution in [0.25, 0.3) is 33.4 Å². The summed E-state index contributed by atoms with van der Waals surface area (Å²) in [7, 11) is 3.30. The third-order valence-corrected chi connectivity index (χ3v) is 7.99. The number of rotatable bonds is 11. The minimum atomic E-state index is -1.33. The smallest absolute Gasteiger partial charge is 0.497 e. The number of hydrogen-bond acceptors (Lipinski definition) is 6. The SMILES string of the molecule is CCCc1nc2c(C)cc(-c3cn(Cc4cc(OC)cc(OC)c4)cn3)cc2n1Cc1ccc(-c2ccccc2OC(=O)O)cc1. The summed E-state index contributed by atoms with van der Waals surface area (Å²) in [5.41, 5.74) is 8.84. The third-order valence-electron chi connectivity index (χ3n) is 7.99. The fourth-order valence-corrected chi connectivity index (χ4v) is 5.80. The Hall–Kier alpha value is -5.57. The van der Waals surface area contributed by atoms with E-state index in [9.17, 15) is 4.79 Å². The number of imidazole rings is 2. The van der Waals surface area contributed by atoms with Crippen LogP contribution in [0.3, 0.4) is 0 Å². The van der Waals surface area contributed by atoms with Crippen molar-refractivity contribution in [1.82, 2.24) is 19.1 Å². The molecule has 2 aromatic heterocycles. The molecular weight excluding hydrogens is 580 g/mol. The van der Waals surface area contributed by atoms with Crippen LogP contribution in [0.1, 0.15) is 35.9 Å². The molecule has 6 rings (SSSR count). The summed E-state index contributed by atoms with van der Waals surface area (Å²) in [6.45, 7) is 5.54. The number of hydrogen-bond donors (Lipinski definition) is 1. The highest BCUT2D eigenvalue weighted by atomic mass is 16.7. The Labute approximate surface area is 267 Å². The van der Waals surface area contributed by atoms with Gasteiger partial charge in [-0.3, -0.25) is 0 Å². The fraction of sp³-hybridized carbons (Fsp3) is 0.216. The summed E-state index contributed by atoms with van der Waals surface area (Å²) in [5, 5.41) is 9.15. The minimum absolute atomic E-state index is 0.308.